The first kappa shape index (κ1) is 29.3. The molecule has 0 saturated heterocycles. The van der Waals surface area contributed by atoms with Crippen molar-refractivity contribution in [1.82, 2.24) is 16.0 Å². The second kappa shape index (κ2) is 14.5. The van der Waals surface area contributed by atoms with Gasteiger partial charge in [0.15, 0.2) is 0 Å². The van der Waals surface area contributed by atoms with Crippen molar-refractivity contribution in [2.45, 2.75) is 63.2 Å². The molecule has 0 aromatic heterocycles. The standard InChI is InChI=1S/C22H33N5O8/c1-12(22(34)35)25-20(32)16(4-2-3-9-23)26-21(33)17(10-13-5-7-14(28)8-6-13)27-19(31)15(24)11-18(29)30/h5-8,12,15-17,28H,2-4,9-11,23-24H2,1H3,(H,25,32)(H,26,33)(H,27,31)(H,29,30)(H,34,35). The molecule has 35 heavy (non-hydrogen) atoms. The van der Waals surface area contributed by atoms with Gasteiger partial charge in [-0.25, -0.2) is 0 Å². The Hall–Kier alpha value is -3.71. The summed E-state index contributed by atoms with van der Waals surface area (Å²) in [4.78, 5) is 60.1. The maximum Gasteiger partial charge on any atom is 0.325 e. The van der Waals surface area contributed by atoms with Crippen LogP contribution < -0.4 is 27.4 Å². The van der Waals surface area contributed by atoms with Crippen LogP contribution in [0.5, 0.6) is 5.75 Å². The van der Waals surface area contributed by atoms with Crippen molar-refractivity contribution in [1.29, 1.82) is 0 Å². The summed E-state index contributed by atoms with van der Waals surface area (Å²) in [6, 6.07) is 0.867. The van der Waals surface area contributed by atoms with Gasteiger partial charge in [-0.1, -0.05) is 12.1 Å². The Labute approximate surface area is 202 Å². The average molecular weight is 496 g/mol. The molecule has 0 aliphatic heterocycles. The van der Waals surface area contributed by atoms with Crippen LogP contribution in [0.1, 0.15) is 38.2 Å². The van der Waals surface area contributed by atoms with Crippen molar-refractivity contribution >= 4 is 29.7 Å². The molecule has 13 nitrogen and oxygen atoms in total. The number of benzene rings is 1. The lowest BCUT2D eigenvalue weighted by Gasteiger charge is -2.25. The summed E-state index contributed by atoms with van der Waals surface area (Å²) >= 11 is 0. The smallest absolute Gasteiger partial charge is 0.325 e. The number of hydrogen-bond donors (Lipinski definition) is 8. The maximum atomic E-state index is 13.1. The number of aliphatic carboxylic acids is 2. The minimum atomic E-state index is -1.41. The Balaban J connectivity index is 3.08. The zero-order chi connectivity index (χ0) is 26.5. The van der Waals surface area contributed by atoms with Crippen molar-refractivity contribution in [2.75, 3.05) is 6.54 Å². The first-order valence-electron chi connectivity index (χ1n) is 11.0. The summed E-state index contributed by atoms with van der Waals surface area (Å²) in [5.74, 6) is -4.92. The minimum Gasteiger partial charge on any atom is -0.508 e. The zero-order valence-corrected chi connectivity index (χ0v) is 19.4. The second-order valence-electron chi connectivity index (χ2n) is 8.05. The molecule has 0 radical (unpaired) electrons. The van der Waals surface area contributed by atoms with Crippen molar-refractivity contribution in [3.63, 3.8) is 0 Å². The average Bonchev–Trinajstić information content (AvgIpc) is 2.78. The van der Waals surface area contributed by atoms with E-state index in [-0.39, 0.29) is 18.6 Å². The van der Waals surface area contributed by atoms with Gasteiger partial charge in [0.1, 0.15) is 23.9 Å². The maximum absolute atomic E-state index is 13.1. The van der Waals surface area contributed by atoms with Gasteiger partial charge >= 0.3 is 11.9 Å². The van der Waals surface area contributed by atoms with Crippen molar-refractivity contribution in [3.8, 4) is 5.75 Å². The molecular formula is C22H33N5O8. The summed E-state index contributed by atoms with van der Waals surface area (Å²) in [7, 11) is 0. The molecule has 1 aromatic carbocycles. The number of rotatable bonds is 15. The van der Waals surface area contributed by atoms with E-state index in [9.17, 15) is 29.1 Å². The summed E-state index contributed by atoms with van der Waals surface area (Å²) < 4.78 is 0. The molecule has 0 aliphatic carbocycles. The highest BCUT2D eigenvalue weighted by molar-refractivity contribution is 5.94. The molecule has 0 fully saturated rings. The number of phenolic OH excluding ortho intramolecular Hbond substituents is 1. The fourth-order valence-corrected chi connectivity index (χ4v) is 3.05. The molecule has 194 valence electrons. The highest BCUT2D eigenvalue weighted by Gasteiger charge is 2.29. The topological polar surface area (TPSA) is 234 Å². The van der Waals surface area contributed by atoms with E-state index < -0.39 is 60.2 Å². The molecule has 1 aromatic rings. The van der Waals surface area contributed by atoms with Crippen LogP contribution in [0.4, 0.5) is 0 Å². The van der Waals surface area contributed by atoms with Gasteiger partial charge in [0.05, 0.1) is 12.5 Å². The summed E-state index contributed by atoms with van der Waals surface area (Å²) in [6.07, 6.45) is 0.483. The van der Waals surface area contributed by atoms with E-state index in [1.165, 1.54) is 31.2 Å². The van der Waals surface area contributed by atoms with Gasteiger partial charge in [-0.05, 0) is 50.4 Å². The summed E-state index contributed by atoms with van der Waals surface area (Å²) in [5.41, 5.74) is 11.6. The van der Waals surface area contributed by atoms with E-state index in [2.05, 4.69) is 16.0 Å². The number of carboxylic acid groups (broad SMARTS) is 2. The number of amides is 3. The van der Waals surface area contributed by atoms with Gasteiger partial charge in [0, 0.05) is 6.42 Å². The van der Waals surface area contributed by atoms with E-state index in [1.54, 1.807) is 0 Å². The Morgan fingerprint density at radius 2 is 1.46 bits per heavy atom. The Kier molecular flexibility index (Phi) is 12.2. The summed E-state index contributed by atoms with van der Waals surface area (Å²) in [6.45, 7) is 1.63. The van der Waals surface area contributed by atoms with Gasteiger partial charge in [-0.3, -0.25) is 24.0 Å². The number of phenols is 1. The van der Waals surface area contributed by atoms with Gasteiger partial charge in [-0.15, -0.1) is 0 Å². The predicted molar refractivity (Wildman–Crippen MR) is 124 cm³/mol. The zero-order valence-electron chi connectivity index (χ0n) is 19.4. The van der Waals surface area contributed by atoms with E-state index >= 15 is 0 Å². The van der Waals surface area contributed by atoms with E-state index in [4.69, 9.17) is 21.7 Å². The molecule has 10 N–H and O–H groups in total. The van der Waals surface area contributed by atoms with E-state index in [0.717, 1.165) is 0 Å². The quantitative estimate of drug-likeness (QED) is 0.130. The molecule has 0 bridgehead atoms. The summed E-state index contributed by atoms with van der Waals surface area (Å²) in [5, 5.41) is 34.7. The van der Waals surface area contributed by atoms with E-state index in [1.807, 2.05) is 0 Å². The van der Waals surface area contributed by atoms with Crippen LogP contribution in [0.2, 0.25) is 0 Å². The number of nitrogens with two attached hydrogens (primary N) is 2. The molecule has 4 unspecified atom stereocenters. The lowest BCUT2D eigenvalue weighted by atomic mass is 10.0. The molecule has 3 amide bonds. The normalized spacial score (nSPS) is 14.1. The lowest BCUT2D eigenvalue weighted by molar-refractivity contribution is -0.141. The van der Waals surface area contributed by atoms with Crippen LogP contribution in [-0.2, 0) is 30.4 Å². The van der Waals surface area contributed by atoms with Gasteiger partial charge in [-0.2, -0.15) is 0 Å². The van der Waals surface area contributed by atoms with Crippen LogP contribution >= 0.6 is 0 Å². The largest absolute Gasteiger partial charge is 0.508 e. The van der Waals surface area contributed by atoms with Crippen molar-refractivity contribution in [3.05, 3.63) is 29.8 Å². The lowest BCUT2D eigenvalue weighted by Crippen LogP contribution is -2.57. The Morgan fingerprint density at radius 1 is 0.886 bits per heavy atom. The van der Waals surface area contributed by atoms with Gasteiger partial charge in [0.2, 0.25) is 17.7 Å². The predicted octanol–water partition coefficient (Wildman–Crippen LogP) is -1.58. The highest BCUT2D eigenvalue weighted by Crippen LogP contribution is 2.12. The molecule has 0 aliphatic rings. The van der Waals surface area contributed by atoms with Crippen LogP contribution in [0.15, 0.2) is 24.3 Å². The highest BCUT2D eigenvalue weighted by atomic mass is 16.4. The third-order valence-electron chi connectivity index (χ3n) is 5.05. The minimum absolute atomic E-state index is 0.00791. The SMILES string of the molecule is CC(NC(=O)C(CCCCN)NC(=O)C(Cc1ccc(O)cc1)NC(=O)C(N)CC(=O)O)C(=O)O. The second-order valence-corrected chi connectivity index (χ2v) is 8.05. The molecule has 13 heteroatoms. The van der Waals surface area contributed by atoms with E-state index in [0.29, 0.717) is 24.9 Å². The Morgan fingerprint density at radius 3 is 2.00 bits per heavy atom. The number of unbranched alkanes of at least 4 members (excludes halogenated alkanes) is 1. The number of hydrogen-bond acceptors (Lipinski definition) is 8. The first-order chi connectivity index (χ1) is 16.4. The van der Waals surface area contributed by atoms with Gasteiger partial charge in [0.25, 0.3) is 0 Å². The van der Waals surface area contributed by atoms with Crippen LogP contribution in [0.25, 0.3) is 0 Å². The molecule has 0 heterocycles. The fourth-order valence-electron chi connectivity index (χ4n) is 3.05. The molecule has 0 spiro atoms. The molecule has 4 atom stereocenters. The van der Waals surface area contributed by atoms with Crippen LogP contribution in [-0.4, -0.2) is 75.7 Å². The monoisotopic (exact) mass is 495 g/mol. The van der Waals surface area contributed by atoms with Crippen LogP contribution in [0, 0.1) is 0 Å². The third kappa shape index (κ3) is 10.8. The number of nitrogens with one attached hydrogen (secondary N) is 3. The first-order valence-corrected chi connectivity index (χ1v) is 11.0. The van der Waals surface area contributed by atoms with Crippen LogP contribution in [0.3, 0.4) is 0 Å². The molecule has 0 saturated carbocycles. The third-order valence-corrected chi connectivity index (χ3v) is 5.05. The fraction of sp³-hybridized carbons (Fsp3) is 0.500. The Bertz CT molecular complexity index is 892. The molecule has 1 rings (SSSR count). The number of aromatic hydroxyl groups is 1. The molecular weight excluding hydrogens is 462 g/mol. The van der Waals surface area contributed by atoms with Gasteiger partial charge < -0.3 is 42.7 Å². The number of carbonyl (C=O) groups excluding carboxylic acids is 3. The van der Waals surface area contributed by atoms with Crippen molar-refractivity contribution in [2.24, 2.45) is 11.5 Å². The van der Waals surface area contributed by atoms with Crippen molar-refractivity contribution < 1.29 is 39.3 Å². The number of carbonyl (C=O) groups is 5. The number of carboxylic acids is 2.